The smallest absolute Gasteiger partial charge is 0.338 e. The van der Waals surface area contributed by atoms with Gasteiger partial charge < -0.3 is 9.47 Å². The highest BCUT2D eigenvalue weighted by atomic mass is 32.2. The standard InChI is InChI=1S/C19H19NO4S2/c1-23-18(21)16-6-13-9-26-11-15-5-3-4-14(20-15)10-25-8-12(16)7-17(13)19(22)24-2/h3-7H,8-11H2,1-2H3. The summed E-state index contributed by atoms with van der Waals surface area (Å²) in [7, 11) is 2.73. The number of thioether (sulfide) groups is 2. The first kappa shape index (κ1) is 18.8. The molecule has 1 aromatic heterocycles. The molecular formula is C19H19NO4S2. The molecule has 0 unspecified atom stereocenters. The maximum Gasteiger partial charge on any atom is 0.338 e. The SMILES string of the molecule is COC(=O)c1cc2c(C(=O)OC)cc1CSCc1cccc(n1)CSC2. The summed E-state index contributed by atoms with van der Waals surface area (Å²) in [5, 5.41) is 0. The summed E-state index contributed by atoms with van der Waals surface area (Å²) in [5.74, 6) is 1.83. The van der Waals surface area contributed by atoms with Crippen molar-refractivity contribution in [2.24, 2.45) is 0 Å². The topological polar surface area (TPSA) is 65.5 Å². The van der Waals surface area contributed by atoms with E-state index >= 15 is 0 Å². The van der Waals surface area contributed by atoms with Gasteiger partial charge in [0, 0.05) is 23.0 Å². The Morgan fingerprint density at radius 2 is 1.31 bits per heavy atom. The second kappa shape index (κ2) is 8.60. The average molecular weight is 389 g/mol. The average Bonchev–Trinajstić information content (AvgIpc) is 2.68. The Labute approximate surface area is 160 Å². The third-order valence-electron chi connectivity index (χ3n) is 4.02. The molecular weight excluding hydrogens is 370 g/mol. The molecule has 0 amide bonds. The molecule has 0 aliphatic carbocycles. The molecule has 4 bridgehead atoms. The fourth-order valence-electron chi connectivity index (χ4n) is 2.75. The zero-order valence-electron chi connectivity index (χ0n) is 14.6. The summed E-state index contributed by atoms with van der Waals surface area (Å²) < 4.78 is 9.87. The Morgan fingerprint density at radius 1 is 0.846 bits per heavy atom. The van der Waals surface area contributed by atoms with E-state index in [1.165, 1.54) is 14.2 Å². The summed E-state index contributed by atoms with van der Waals surface area (Å²) in [6.45, 7) is 0. The van der Waals surface area contributed by atoms with Crippen LogP contribution in [0.3, 0.4) is 0 Å². The van der Waals surface area contributed by atoms with Gasteiger partial charge in [-0.25, -0.2) is 9.59 Å². The summed E-state index contributed by atoms with van der Waals surface area (Å²) >= 11 is 3.29. The molecule has 0 N–H and O–H groups in total. The van der Waals surface area contributed by atoms with Crippen molar-refractivity contribution in [2.45, 2.75) is 23.0 Å². The van der Waals surface area contributed by atoms with Crippen molar-refractivity contribution >= 4 is 35.5 Å². The number of nitrogens with zero attached hydrogens (tertiary/aromatic N) is 1. The Bertz CT molecular complexity index is 773. The van der Waals surface area contributed by atoms with E-state index in [4.69, 9.17) is 9.47 Å². The van der Waals surface area contributed by atoms with Gasteiger partial charge in [0.2, 0.25) is 0 Å². The number of carbonyl (C=O) groups excluding carboxylic acids is 2. The van der Waals surface area contributed by atoms with Crippen molar-refractivity contribution in [1.82, 2.24) is 4.98 Å². The minimum absolute atomic E-state index is 0.392. The normalized spacial score (nSPS) is 13.9. The molecule has 0 fully saturated rings. The molecule has 0 saturated carbocycles. The Kier molecular flexibility index (Phi) is 6.21. The number of hydrogen-bond donors (Lipinski definition) is 0. The van der Waals surface area contributed by atoms with Gasteiger partial charge in [-0.15, -0.1) is 0 Å². The largest absolute Gasteiger partial charge is 0.465 e. The van der Waals surface area contributed by atoms with E-state index in [-0.39, 0.29) is 0 Å². The lowest BCUT2D eigenvalue weighted by Crippen LogP contribution is -2.12. The van der Waals surface area contributed by atoms with Crippen molar-refractivity contribution in [3.8, 4) is 0 Å². The molecule has 5 nitrogen and oxygen atoms in total. The molecule has 0 spiro atoms. The van der Waals surface area contributed by atoms with Crippen LogP contribution < -0.4 is 0 Å². The van der Waals surface area contributed by atoms with Crippen LogP contribution in [-0.4, -0.2) is 31.1 Å². The first-order chi connectivity index (χ1) is 12.6. The number of hydrogen-bond acceptors (Lipinski definition) is 7. The van der Waals surface area contributed by atoms with Gasteiger partial charge in [-0.3, -0.25) is 4.98 Å². The minimum Gasteiger partial charge on any atom is -0.465 e. The van der Waals surface area contributed by atoms with Crippen molar-refractivity contribution in [3.05, 3.63) is 64.0 Å². The highest BCUT2D eigenvalue weighted by Gasteiger charge is 2.20. The zero-order chi connectivity index (χ0) is 18.5. The molecule has 26 heavy (non-hydrogen) atoms. The fraction of sp³-hybridized carbons (Fsp3) is 0.316. The molecule has 1 aromatic carbocycles. The summed E-state index contributed by atoms with van der Waals surface area (Å²) in [5.41, 5.74) is 4.56. The van der Waals surface area contributed by atoms with Crippen molar-refractivity contribution in [3.63, 3.8) is 0 Å². The van der Waals surface area contributed by atoms with E-state index in [1.807, 2.05) is 18.2 Å². The van der Waals surface area contributed by atoms with Gasteiger partial charge in [0.1, 0.15) is 0 Å². The van der Waals surface area contributed by atoms with Gasteiger partial charge in [0.05, 0.1) is 36.7 Å². The molecule has 0 radical (unpaired) electrons. The Hall–Kier alpha value is -1.99. The van der Waals surface area contributed by atoms with Gasteiger partial charge >= 0.3 is 11.9 Å². The second-order valence-corrected chi connectivity index (χ2v) is 7.73. The maximum atomic E-state index is 12.2. The quantitative estimate of drug-likeness (QED) is 0.723. The predicted octanol–water partition coefficient (Wildman–Crippen LogP) is 3.84. The number of rotatable bonds is 2. The number of benzene rings is 1. The first-order valence-corrected chi connectivity index (χ1v) is 10.4. The van der Waals surface area contributed by atoms with Crippen LogP contribution in [0.5, 0.6) is 0 Å². The molecule has 3 heterocycles. The van der Waals surface area contributed by atoms with Crippen LogP contribution in [0, 0.1) is 0 Å². The third-order valence-corrected chi connectivity index (χ3v) is 6.05. The molecule has 7 heteroatoms. The molecule has 136 valence electrons. The van der Waals surface area contributed by atoms with E-state index in [1.54, 1.807) is 35.7 Å². The monoisotopic (exact) mass is 389 g/mol. The molecule has 2 aliphatic heterocycles. The second-order valence-electron chi connectivity index (χ2n) is 5.76. The third kappa shape index (κ3) is 4.22. The van der Waals surface area contributed by atoms with E-state index in [0.29, 0.717) is 22.6 Å². The Morgan fingerprint density at radius 3 is 1.73 bits per heavy atom. The number of carbonyl (C=O) groups is 2. The summed E-state index contributed by atoms with van der Waals surface area (Å²) in [6.07, 6.45) is 0. The molecule has 0 saturated heterocycles. The van der Waals surface area contributed by atoms with Gasteiger partial charge in [0.25, 0.3) is 0 Å². The number of pyridine rings is 1. The first-order valence-electron chi connectivity index (χ1n) is 8.05. The molecule has 2 aliphatic rings. The van der Waals surface area contributed by atoms with Crippen LogP contribution in [0.2, 0.25) is 0 Å². The lowest BCUT2D eigenvalue weighted by atomic mass is 10.00. The molecule has 2 aromatic rings. The van der Waals surface area contributed by atoms with Crippen LogP contribution in [0.4, 0.5) is 0 Å². The van der Waals surface area contributed by atoms with Gasteiger partial charge in [0.15, 0.2) is 0 Å². The number of ether oxygens (including phenoxy) is 2. The molecule has 4 rings (SSSR count). The summed E-state index contributed by atoms with van der Waals surface area (Å²) in [4.78, 5) is 29.2. The minimum atomic E-state index is -0.392. The van der Waals surface area contributed by atoms with Gasteiger partial charge in [-0.2, -0.15) is 23.5 Å². The highest BCUT2D eigenvalue weighted by Crippen LogP contribution is 2.29. The van der Waals surface area contributed by atoms with Gasteiger partial charge in [-0.1, -0.05) is 6.07 Å². The number of esters is 2. The van der Waals surface area contributed by atoms with E-state index in [0.717, 1.165) is 34.0 Å². The lowest BCUT2D eigenvalue weighted by molar-refractivity contribution is 0.0585. The highest BCUT2D eigenvalue weighted by molar-refractivity contribution is 7.98. The van der Waals surface area contributed by atoms with Crippen LogP contribution >= 0.6 is 23.5 Å². The number of aromatic nitrogens is 1. The van der Waals surface area contributed by atoms with E-state index in [9.17, 15) is 9.59 Å². The predicted molar refractivity (Wildman–Crippen MR) is 103 cm³/mol. The maximum absolute atomic E-state index is 12.2. The van der Waals surface area contributed by atoms with Crippen molar-refractivity contribution in [1.29, 1.82) is 0 Å². The summed E-state index contributed by atoms with van der Waals surface area (Å²) in [6, 6.07) is 9.56. The van der Waals surface area contributed by atoms with Gasteiger partial charge in [-0.05, 0) is 35.4 Å². The van der Waals surface area contributed by atoms with E-state index < -0.39 is 11.9 Å². The van der Waals surface area contributed by atoms with E-state index in [2.05, 4.69) is 4.98 Å². The lowest BCUT2D eigenvalue weighted by Gasteiger charge is -2.14. The van der Waals surface area contributed by atoms with Crippen LogP contribution in [0.15, 0.2) is 30.3 Å². The number of methoxy groups -OCH3 is 2. The van der Waals surface area contributed by atoms with Crippen molar-refractivity contribution < 1.29 is 19.1 Å². The van der Waals surface area contributed by atoms with Crippen LogP contribution in [-0.2, 0) is 32.5 Å². The Balaban J connectivity index is 2.05. The van der Waals surface area contributed by atoms with Crippen molar-refractivity contribution in [2.75, 3.05) is 14.2 Å². The number of fused-ring (bicyclic) bond motifs is 6. The van der Waals surface area contributed by atoms with Crippen LogP contribution in [0.1, 0.15) is 43.2 Å². The molecule has 0 atom stereocenters. The van der Waals surface area contributed by atoms with Crippen LogP contribution in [0.25, 0.3) is 0 Å². The zero-order valence-corrected chi connectivity index (χ0v) is 16.2. The fourth-order valence-corrected chi connectivity index (χ4v) is 4.61.